The molecule has 2 aliphatic heterocycles. The van der Waals surface area contributed by atoms with Crippen molar-refractivity contribution >= 4 is 17.8 Å². The lowest BCUT2D eigenvalue weighted by atomic mass is 9.87. The van der Waals surface area contributed by atoms with Gasteiger partial charge in [-0.1, -0.05) is 24.3 Å². The maximum atomic E-state index is 12.4. The Labute approximate surface area is 152 Å². The van der Waals surface area contributed by atoms with Crippen molar-refractivity contribution in [1.82, 2.24) is 20.0 Å². The van der Waals surface area contributed by atoms with Gasteiger partial charge >= 0.3 is 6.03 Å². The van der Waals surface area contributed by atoms with Crippen LogP contribution in [0, 0.1) is 0 Å². The van der Waals surface area contributed by atoms with Crippen molar-refractivity contribution in [3.8, 4) is 0 Å². The van der Waals surface area contributed by atoms with Crippen molar-refractivity contribution in [2.75, 3.05) is 39.3 Å². The van der Waals surface area contributed by atoms with Gasteiger partial charge in [-0.3, -0.25) is 19.4 Å². The Morgan fingerprint density at radius 2 is 1.81 bits per heavy atom. The van der Waals surface area contributed by atoms with Crippen LogP contribution in [0.1, 0.15) is 17.5 Å². The van der Waals surface area contributed by atoms with Crippen molar-refractivity contribution in [3.05, 3.63) is 35.4 Å². The van der Waals surface area contributed by atoms with Gasteiger partial charge in [-0.25, -0.2) is 4.79 Å². The number of aryl methyl sites for hydroxylation is 1. The molecule has 0 spiro atoms. The van der Waals surface area contributed by atoms with E-state index in [1.54, 1.807) is 4.90 Å². The number of fused-ring (bicyclic) bond motifs is 1. The number of hydrogen-bond donors (Lipinski definition) is 1. The molecule has 3 aliphatic rings. The number of urea groups is 1. The predicted octanol–water partition coefficient (Wildman–Crippen LogP) is 0.240. The lowest BCUT2D eigenvalue weighted by Gasteiger charge is -2.41. The molecule has 0 aromatic heterocycles. The lowest BCUT2D eigenvalue weighted by molar-refractivity contribution is -0.138. The Balaban J connectivity index is 1.30. The number of amides is 4. The van der Waals surface area contributed by atoms with Crippen LogP contribution in [0.2, 0.25) is 0 Å². The van der Waals surface area contributed by atoms with E-state index in [-0.39, 0.29) is 24.9 Å². The molecule has 4 rings (SSSR count). The topological polar surface area (TPSA) is 73.0 Å². The highest BCUT2D eigenvalue weighted by Crippen LogP contribution is 2.25. The van der Waals surface area contributed by atoms with E-state index in [0.29, 0.717) is 19.1 Å². The fraction of sp³-hybridized carbons (Fsp3) is 0.526. The molecule has 1 N–H and O–H groups in total. The molecule has 4 amide bonds. The molecule has 26 heavy (non-hydrogen) atoms. The summed E-state index contributed by atoms with van der Waals surface area (Å²) in [5.41, 5.74) is 2.91. The summed E-state index contributed by atoms with van der Waals surface area (Å²) in [6.07, 6.45) is 3.35. The van der Waals surface area contributed by atoms with Crippen LogP contribution in [0.3, 0.4) is 0 Å². The van der Waals surface area contributed by atoms with E-state index in [9.17, 15) is 14.4 Å². The molecule has 2 saturated heterocycles. The zero-order chi connectivity index (χ0) is 18.1. The zero-order valence-electron chi connectivity index (χ0n) is 14.8. The van der Waals surface area contributed by atoms with Gasteiger partial charge < -0.3 is 10.2 Å². The fourth-order valence-electron chi connectivity index (χ4n) is 4.18. The molecule has 1 aromatic rings. The number of benzene rings is 1. The monoisotopic (exact) mass is 356 g/mol. The Morgan fingerprint density at radius 3 is 2.50 bits per heavy atom. The lowest BCUT2D eigenvalue weighted by Crippen LogP contribution is -2.55. The molecule has 7 heteroatoms. The number of imide groups is 1. The third kappa shape index (κ3) is 3.31. The van der Waals surface area contributed by atoms with E-state index < -0.39 is 6.03 Å². The van der Waals surface area contributed by atoms with Crippen LogP contribution < -0.4 is 5.32 Å². The summed E-state index contributed by atoms with van der Waals surface area (Å²) < 4.78 is 0. The average Bonchev–Trinajstić information content (AvgIpc) is 2.99. The first-order chi connectivity index (χ1) is 12.6. The van der Waals surface area contributed by atoms with E-state index >= 15 is 0 Å². The first-order valence-corrected chi connectivity index (χ1v) is 9.28. The van der Waals surface area contributed by atoms with Crippen LogP contribution in [0.5, 0.6) is 0 Å². The molecule has 1 atom stereocenters. The molecule has 138 valence electrons. The number of carbonyl (C=O) groups is 3. The number of hydrogen-bond acceptors (Lipinski definition) is 4. The highest BCUT2D eigenvalue weighted by molar-refractivity contribution is 6.04. The molecular weight excluding hydrogens is 332 g/mol. The van der Waals surface area contributed by atoms with Crippen LogP contribution >= 0.6 is 0 Å². The summed E-state index contributed by atoms with van der Waals surface area (Å²) in [6.45, 7) is 2.84. The summed E-state index contributed by atoms with van der Waals surface area (Å²) in [6, 6.07) is 8.72. The van der Waals surface area contributed by atoms with E-state index in [1.165, 1.54) is 11.1 Å². The Kier molecular flexibility index (Phi) is 4.63. The average molecular weight is 356 g/mol. The molecule has 2 heterocycles. The SMILES string of the molecule is O=C(CN1C(=O)CNC1=O)N1CCN([C@@H]2CCc3ccccc3C2)CC1. The van der Waals surface area contributed by atoms with Crippen LogP contribution in [0.25, 0.3) is 0 Å². The van der Waals surface area contributed by atoms with Gasteiger partial charge in [0, 0.05) is 32.2 Å². The van der Waals surface area contributed by atoms with Crippen LogP contribution in [-0.2, 0) is 22.4 Å². The minimum absolute atomic E-state index is 0.0109. The normalized spacial score (nSPS) is 23.8. The summed E-state index contributed by atoms with van der Waals surface area (Å²) in [7, 11) is 0. The third-order valence-corrected chi connectivity index (χ3v) is 5.73. The summed E-state index contributed by atoms with van der Waals surface area (Å²) in [5, 5.41) is 2.44. The largest absolute Gasteiger partial charge is 0.339 e. The predicted molar refractivity (Wildman–Crippen MR) is 95.5 cm³/mol. The number of rotatable bonds is 3. The minimum atomic E-state index is -0.470. The molecule has 7 nitrogen and oxygen atoms in total. The Hall–Kier alpha value is -2.41. The van der Waals surface area contributed by atoms with E-state index in [4.69, 9.17) is 0 Å². The number of carbonyl (C=O) groups excluding carboxylic acids is 3. The van der Waals surface area contributed by atoms with E-state index in [1.807, 2.05) is 0 Å². The summed E-state index contributed by atoms with van der Waals surface area (Å²) >= 11 is 0. The van der Waals surface area contributed by atoms with Gasteiger partial charge in [-0.2, -0.15) is 0 Å². The highest BCUT2D eigenvalue weighted by atomic mass is 16.2. The van der Waals surface area contributed by atoms with Gasteiger partial charge in [0.05, 0.1) is 6.54 Å². The van der Waals surface area contributed by atoms with Crippen LogP contribution in [0.4, 0.5) is 4.79 Å². The maximum Gasteiger partial charge on any atom is 0.325 e. The van der Waals surface area contributed by atoms with E-state index in [2.05, 4.69) is 34.5 Å². The molecule has 0 radical (unpaired) electrons. The number of nitrogens with one attached hydrogen (secondary N) is 1. The van der Waals surface area contributed by atoms with Gasteiger partial charge in [-0.05, 0) is 30.4 Å². The van der Waals surface area contributed by atoms with Crippen molar-refractivity contribution in [2.24, 2.45) is 0 Å². The Bertz CT molecular complexity index is 711. The Morgan fingerprint density at radius 1 is 1.08 bits per heavy atom. The molecule has 0 saturated carbocycles. The molecule has 1 aromatic carbocycles. The second-order valence-electron chi connectivity index (χ2n) is 7.22. The molecule has 1 aliphatic carbocycles. The zero-order valence-corrected chi connectivity index (χ0v) is 14.8. The summed E-state index contributed by atoms with van der Waals surface area (Å²) in [5.74, 6) is -0.480. The first kappa shape index (κ1) is 17.0. The van der Waals surface area contributed by atoms with Gasteiger partial charge in [-0.15, -0.1) is 0 Å². The fourth-order valence-corrected chi connectivity index (χ4v) is 4.18. The van der Waals surface area contributed by atoms with Crippen molar-refractivity contribution in [1.29, 1.82) is 0 Å². The van der Waals surface area contributed by atoms with E-state index in [0.717, 1.165) is 37.3 Å². The minimum Gasteiger partial charge on any atom is -0.339 e. The van der Waals surface area contributed by atoms with Crippen LogP contribution in [0.15, 0.2) is 24.3 Å². The van der Waals surface area contributed by atoms with Crippen LogP contribution in [-0.4, -0.2) is 77.9 Å². The smallest absolute Gasteiger partial charge is 0.325 e. The summed E-state index contributed by atoms with van der Waals surface area (Å²) in [4.78, 5) is 40.9. The quantitative estimate of drug-likeness (QED) is 0.788. The molecular formula is C19H24N4O3. The second-order valence-corrected chi connectivity index (χ2v) is 7.22. The van der Waals surface area contributed by atoms with Crippen molar-refractivity contribution in [2.45, 2.75) is 25.3 Å². The highest BCUT2D eigenvalue weighted by Gasteiger charge is 2.33. The third-order valence-electron chi connectivity index (χ3n) is 5.73. The standard InChI is InChI=1S/C19H24N4O3/c24-17-12-20-19(26)23(17)13-18(25)22-9-7-21(8-10-22)16-6-5-14-3-1-2-4-15(14)11-16/h1-4,16H,5-13H2,(H,20,26)/t16-/m1/s1. The molecule has 0 unspecified atom stereocenters. The second kappa shape index (κ2) is 7.07. The number of nitrogens with zero attached hydrogens (tertiary/aromatic N) is 3. The van der Waals surface area contributed by atoms with Gasteiger partial charge in [0.2, 0.25) is 5.91 Å². The first-order valence-electron chi connectivity index (χ1n) is 9.28. The van der Waals surface area contributed by atoms with Gasteiger partial charge in [0.15, 0.2) is 0 Å². The number of piperazine rings is 1. The van der Waals surface area contributed by atoms with Gasteiger partial charge in [0.25, 0.3) is 5.91 Å². The van der Waals surface area contributed by atoms with Crippen molar-refractivity contribution < 1.29 is 14.4 Å². The van der Waals surface area contributed by atoms with Crippen molar-refractivity contribution in [3.63, 3.8) is 0 Å². The molecule has 2 fully saturated rings. The maximum absolute atomic E-state index is 12.4. The molecule has 0 bridgehead atoms. The van der Waals surface area contributed by atoms with Gasteiger partial charge in [0.1, 0.15) is 6.54 Å².